The minimum atomic E-state index is -0.209. The topological polar surface area (TPSA) is 58.0 Å². The van der Waals surface area contributed by atoms with Crippen molar-refractivity contribution in [2.45, 2.75) is 131 Å². The fraction of sp³-hybridized carbons (Fsp3) is 0.303. The van der Waals surface area contributed by atoms with Crippen molar-refractivity contribution < 1.29 is 30.2 Å². The van der Waals surface area contributed by atoms with Gasteiger partial charge in [0.15, 0.2) is 0 Å². The zero-order valence-electron chi connectivity index (χ0n) is 44.9. The van der Waals surface area contributed by atoms with E-state index in [9.17, 15) is 0 Å². The molecule has 10 rings (SSSR count). The predicted molar refractivity (Wildman–Crippen MR) is 300 cm³/mol. The second-order valence-corrected chi connectivity index (χ2v) is 23.0. The third-order valence-electron chi connectivity index (χ3n) is 14.3. The molecule has 3 heterocycles. The molecular formula is C66H68N4O2Pt. The smallest absolute Gasteiger partial charge is 0.497 e. The van der Waals surface area contributed by atoms with E-state index in [1.54, 1.807) is 0 Å². The van der Waals surface area contributed by atoms with Crippen molar-refractivity contribution in [3.05, 3.63) is 179 Å². The van der Waals surface area contributed by atoms with Crippen LogP contribution in [0, 0.1) is 12.1 Å². The first-order valence-electron chi connectivity index (χ1n) is 25.8. The number of fused-ring (bicyclic) bond motifs is 4. The van der Waals surface area contributed by atoms with E-state index in [4.69, 9.17) is 19.1 Å². The van der Waals surface area contributed by atoms with Crippen molar-refractivity contribution >= 4 is 33.0 Å². The summed E-state index contributed by atoms with van der Waals surface area (Å²) in [4.78, 5) is 10.5. The number of furan rings is 1. The van der Waals surface area contributed by atoms with E-state index >= 15 is 0 Å². The number of hydrogen-bond acceptors (Lipinski definition) is 4. The average molecular weight is 1140 g/mol. The molecule has 0 atom stereocenters. The van der Waals surface area contributed by atoms with E-state index < -0.39 is 0 Å². The minimum Gasteiger partial charge on any atom is -0.497 e. The van der Waals surface area contributed by atoms with Crippen LogP contribution in [0.3, 0.4) is 0 Å². The summed E-state index contributed by atoms with van der Waals surface area (Å²) in [6.45, 7) is 31.7. The second kappa shape index (κ2) is 19.7. The Morgan fingerprint density at radius 1 is 0.521 bits per heavy atom. The molecule has 0 saturated carbocycles. The number of hydrogen-bond donors (Lipinski definition) is 0. The number of rotatable bonds is 11. The van der Waals surface area contributed by atoms with E-state index in [1.165, 1.54) is 33.5 Å². The number of para-hydroxylation sites is 4. The Balaban J connectivity index is 0.00000656. The van der Waals surface area contributed by atoms with Crippen LogP contribution < -0.4 is 4.74 Å². The van der Waals surface area contributed by atoms with E-state index in [-0.39, 0.29) is 43.7 Å². The summed E-state index contributed by atoms with van der Waals surface area (Å²) in [5, 5.41) is 2.26. The predicted octanol–water partition coefficient (Wildman–Crippen LogP) is 18.6. The van der Waals surface area contributed by atoms with Crippen LogP contribution in [0.15, 0.2) is 138 Å². The van der Waals surface area contributed by atoms with Gasteiger partial charge in [-0.2, -0.15) is 0 Å². The maximum Gasteiger partial charge on any atom is 2.00 e. The Labute approximate surface area is 447 Å². The number of ether oxygens (including phenoxy) is 1. The van der Waals surface area contributed by atoms with Crippen molar-refractivity contribution in [2.75, 3.05) is 0 Å². The number of benzene rings is 7. The Morgan fingerprint density at radius 3 is 1.66 bits per heavy atom. The first kappa shape index (κ1) is 51.4. The van der Waals surface area contributed by atoms with Crippen molar-refractivity contribution in [3.63, 3.8) is 0 Å². The summed E-state index contributed by atoms with van der Waals surface area (Å²) in [6.07, 6.45) is 4.01. The normalized spacial score (nSPS) is 12.4. The molecule has 0 aliphatic heterocycles. The van der Waals surface area contributed by atoms with Gasteiger partial charge in [0, 0.05) is 46.0 Å². The molecule has 0 amide bonds. The summed E-state index contributed by atoms with van der Waals surface area (Å²) < 4.78 is 18.1. The van der Waals surface area contributed by atoms with E-state index in [1.807, 2.05) is 18.3 Å². The second-order valence-electron chi connectivity index (χ2n) is 23.0. The van der Waals surface area contributed by atoms with Crippen molar-refractivity contribution in [1.82, 2.24) is 19.1 Å². The third kappa shape index (κ3) is 9.76. The summed E-state index contributed by atoms with van der Waals surface area (Å²) in [7, 11) is 0. The average Bonchev–Trinajstić information content (AvgIpc) is 4.08. The maximum absolute atomic E-state index is 7.09. The molecule has 7 heteroatoms. The largest absolute Gasteiger partial charge is 2.00 e. The number of nitrogens with zero attached hydrogens (tertiary/aromatic N) is 4. The van der Waals surface area contributed by atoms with Crippen LogP contribution in [0.5, 0.6) is 11.5 Å². The molecule has 10 aromatic rings. The molecule has 0 spiro atoms. The quantitative estimate of drug-likeness (QED) is 0.121. The minimum absolute atomic E-state index is 0. The molecule has 7 aromatic carbocycles. The van der Waals surface area contributed by atoms with Crippen LogP contribution in [0.25, 0.3) is 78.2 Å². The molecule has 0 bridgehead atoms. The molecule has 3 aromatic heterocycles. The van der Waals surface area contributed by atoms with Gasteiger partial charge in [-0.05, 0) is 110 Å². The monoisotopic (exact) mass is 1140 g/mol. The zero-order valence-corrected chi connectivity index (χ0v) is 47.2. The van der Waals surface area contributed by atoms with Gasteiger partial charge in [0.25, 0.3) is 0 Å². The molecule has 0 aliphatic carbocycles. The first-order valence-corrected chi connectivity index (χ1v) is 25.8. The first-order chi connectivity index (χ1) is 34.2. The molecule has 73 heavy (non-hydrogen) atoms. The van der Waals surface area contributed by atoms with Gasteiger partial charge in [-0.1, -0.05) is 176 Å². The molecule has 0 N–H and O–H groups in total. The fourth-order valence-electron chi connectivity index (χ4n) is 10.2. The van der Waals surface area contributed by atoms with Crippen LogP contribution >= 0.6 is 0 Å². The van der Waals surface area contributed by atoms with Gasteiger partial charge < -0.3 is 18.3 Å². The molecule has 374 valence electrons. The van der Waals surface area contributed by atoms with Crippen molar-refractivity contribution in [2.24, 2.45) is 0 Å². The van der Waals surface area contributed by atoms with Crippen LogP contribution in [-0.2, 0) is 31.9 Å². The van der Waals surface area contributed by atoms with Gasteiger partial charge in [-0.3, -0.25) is 9.97 Å². The summed E-state index contributed by atoms with van der Waals surface area (Å²) in [6, 6.07) is 51.0. The third-order valence-corrected chi connectivity index (χ3v) is 14.3. The molecule has 0 fully saturated rings. The SMILES string of the molecule is CC(C)c1cc(-c2ccc3c(c2)oc2ccccc23)cc(C(C)C)c1-n1ccnc1-c1[c-]c(Oc2[c-]c(-c3nc4ccccc4n3-c3c(C(C)C)cccc3C(C)C)cc(C(C)(C)C)c2)cc(C(C)(C)C)c1.[Pt+2]. The molecule has 0 unspecified atom stereocenters. The van der Waals surface area contributed by atoms with Gasteiger partial charge in [0.05, 0.1) is 22.7 Å². The van der Waals surface area contributed by atoms with Crippen LogP contribution in [0.2, 0.25) is 0 Å². The van der Waals surface area contributed by atoms with Crippen molar-refractivity contribution in [1.29, 1.82) is 0 Å². The molecular weight excluding hydrogens is 1080 g/mol. The Morgan fingerprint density at radius 2 is 1.07 bits per heavy atom. The fourth-order valence-corrected chi connectivity index (χ4v) is 10.2. The molecule has 0 saturated heterocycles. The summed E-state index contributed by atoms with van der Waals surface area (Å²) in [5.74, 6) is 3.87. The number of aromatic nitrogens is 4. The maximum atomic E-state index is 7.09. The van der Waals surface area contributed by atoms with Crippen LogP contribution in [0.1, 0.15) is 154 Å². The summed E-state index contributed by atoms with van der Waals surface area (Å²) in [5.41, 5.74) is 17.0. The zero-order chi connectivity index (χ0) is 51.0. The van der Waals surface area contributed by atoms with Gasteiger partial charge in [0.1, 0.15) is 11.2 Å². The summed E-state index contributed by atoms with van der Waals surface area (Å²) >= 11 is 0. The van der Waals surface area contributed by atoms with Gasteiger partial charge in [-0.25, -0.2) is 0 Å². The van der Waals surface area contributed by atoms with E-state index in [0.29, 0.717) is 23.3 Å². The standard InChI is InChI=1S/C66H68N4O2.Pt/c1-39(2)51-21-19-22-52(40(3)4)62(51)70-58-24-17-16-23-57(58)68-64(70)46-31-48(66(12,13)14)38-50(33-46)71-49-32-45(30-47(37-49)65(9,10)11)63-67-28-29-69(63)61-55(41(5)6)34-44(35-56(61)42(7)8)43-26-27-54-53-20-15-18-25-59(53)72-60(54)36-43;/h15-31,34-42H,1-14H3;/q-2;+2. The van der Waals surface area contributed by atoms with Crippen molar-refractivity contribution in [3.8, 4) is 56.8 Å². The van der Waals surface area contributed by atoms with E-state index in [2.05, 4.69) is 234 Å². The molecule has 0 aliphatic rings. The van der Waals surface area contributed by atoms with E-state index in [0.717, 1.165) is 78.1 Å². The molecule has 6 nitrogen and oxygen atoms in total. The Kier molecular flexibility index (Phi) is 13.9. The molecule has 0 radical (unpaired) electrons. The Hall–Kier alpha value is -6.49. The van der Waals surface area contributed by atoms with Gasteiger partial charge in [0.2, 0.25) is 0 Å². The van der Waals surface area contributed by atoms with Gasteiger partial charge in [-0.15, -0.1) is 34.4 Å². The van der Waals surface area contributed by atoms with Crippen LogP contribution in [-0.4, -0.2) is 19.1 Å². The van der Waals surface area contributed by atoms with Gasteiger partial charge >= 0.3 is 21.1 Å². The van der Waals surface area contributed by atoms with Crippen LogP contribution in [0.4, 0.5) is 0 Å². The number of imidazole rings is 2. The Bertz CT molecular complexity index is 3610.